The molecule has 3 aromatic rings. The summed E-state index contributed by atoms with van der Waals surface area (Å²) in [5, 5.41) is 7.08. The highest BCUT2D eigenvalue weighted by atomic mass is 19.4. The van der Waals surface area contributed by atoms with E-state index in [9.17, 15) is 13.2 Å². The molecule has 0 atom stereocenters. The minimum atomic E-state index is -4.41. The van der Waals surface area contributed by atoms with Crippen molar-refractivity contribution < 1.29 is 17.9 Å². The number of nitrogens with one attached hydrogen (secondary N) is 2. The number of hydrogen-bond acceptors (Lipinski definition) is 4. The third-order valence-corrected chi connectivity index (χ3v) is 3.30. The van der Waals surface area contributed by atoms with E-state index in [0.29, 0.717) is 17.0 Å². The first-order valence-corrected chi connectivity index (χ1v) is 7.35. The molecule has 0 spiro atoms. The molecule has 26 heavy (non-hydrogen) atoms. The molecule has 0 aliphatic heterocycles. The number of rotatable bonds is 4. The smallest absolute Gasteiger partial charge is 0.416 e. The molecule has 0 aliphatic carbocycles. The quantitative estimate of drug-likeness (QED) is 0.549. The number of aromatic nitrogens is 3. The van der Waals surface area contributed by atoms with Crippen LogP contribution in [0.4, 0.5) is 13.2 Å². The normalized spacial score (nSPS) is 12.0. The topological polar surface area (TPSA) is 87.0 Å². The summed E-state index contributed by atoms with van der Waals surface area (Å²) >= 11 is 0. The van der Waals surface area contributed by atoms with Gasteiger partial charge in [0.15, 0.2) is 0 Å². The average Bonchev–Trinajstić information content (AvgIpc) is 2.62. The molecule has 1 aromatic carbocycles. The molecule has 0 radical (unpaired) electrons. The van der Waals surface area contributed by atoms with Crippen LogP contribution in [0.5, 0.6) is 11.6 Å². The number of alkyl halides is 3. The predicted octanol–water partition coefficient (Wildman–Crippen LogP) is 3.79. The molecule has 0 aliphatic rings. The largest absolute Gasteiger partial charge is 0.441 e. The van der Waals surface area contributed by atoms with Crippen LogP contribution in [0.3, 0.4) is 0 Å². The van der Waals surface area contributed by atoms with Crippen molar-refractivity contribution in [3.8, 4) is 22.9 Å². The third-order valence-electron chi connectivity index (χ3n) is 3.30. The molecule has 2 heterocycles. The van der Waals surface area contributed by atoms with Crippen LogP contribution in [0.1, 0.15) is 5.56 Å². The highest BCUT2D eigenvalue weighted by Crippen LogP contribution is 2.31. The number of ether oxygens (including phenoxy) is 1. The van der Waals surface area contributed by atoms with Crippen molar-refractivity contribution in [1.82, 2.24) is 15.0 Å². The second-order valence-electron chi connectivity index (χ2n) is 5.07. The van der Waals surface area contributed by atoms with E-state index in [1.54, 1.807) is 24.5 Å². The number of halogens is 3. The Morgan fingerprint density at radius 1 is 1.08 bits per heavy atom. The van der Waals surface area contributed by atoms with Crippen LogP contribution in [0.15, 0.2) is 59.9 Å². The maximum Gasteiger partial charge on any atom is 0.416 e. The summed E-state index contributed by atoms with van der Waals surface area (Å²) in [6.45, 7) is 0. The van der Waals surface area contributed by atoms with Crippen molar-refractivity contribution in [3.05, 3.63) is 66.0 Å². The lowest BCUT2D eigenvalue weighted by molar-refractivity contribution is -0.137. The number of aromatic amines is 1. The first-order chi connectivity index (χ1) is 12.5. The number of pyridine rings is 1. The van der Waals surface area contributed by atoms with Crippen molar-refractivity contribution in [3.63, 3.8) is 0 Å². The zero-order valence-corrected chi connectivity index (χ0v) is 13.2. The van der Waals surface area contributed by atoms with Crippen LogP contribution in [0.2, 0.25) is 0 Å². The zero-order valence-electron chi connectivity index (χ0n) is 13.2. The summed E-state index contributed by atoms with van der Waals surface area (Å²) in [6.07, 6.45) is -0.509. The van der Waals surface area contributed by atoms with E-state index in [1.807, 2.05) is 0 Å². The minimum Gasteiger partial charge on any atom is -0.441 e. The molecule has 2 N–H and O–H groups in total. The fourth-order valence-electron chi connectivity index (χ4n) is 2.13. The van der Waals surface area contributed by atoms with Gasteiger partial charge in [-0.05, 0) is 24.3 Å². The molecule has 132 valence electrons. The fraction of sp³-hybridized carbons (Fsp3) is 0.0588. The molecule has 9 heteroatoms. The van der Waals surface area contributed by atoms with Crippen molar-refractivity contribution in [2.45, 2.75) is 6.18 Å². The molecule has 0 amide bonds. The lowest BCUT2D eigenvalue weighted by Gasteiger charge is -2.09. The van der Waals surface area contributed by atoms with Crippen molar-refractivity contribution in [2.24, 2.45) is 4.99 Å². The Morgan fingerprint density at radius 2 is 1.77 bits per heavy atom. The van der Waals surface area contributed by atoms with Gasteiger partial charge in [0.05, 0.1) is 11.3 Å². The van der Waals surface area contributed by atoms with Crippen LogP contribution in [0.25, 0.3) is 11.3 Å². The van der Waals surface area contributed by atoms with Gasteiger partial charge in [0.1, 0.15) is 12.1 Å². The first kappa shape index (κ1) is 17.3. The van der Waals surface area contributed by atoms with E-state index in [-0.39, 0.29) is 11.5 Å². The van der Waals surface area contributed by atoms with Crippen LogP contribution < -0.4 is 10.4 Å². The first-order valence-electron chi connectivity index (χ1n) is 7.35. The maximum atomic E-state index is 12.7. The molecule has 0 unspecified atom stereocenters. The van der Waals surface area contributed by atoms with Gasteiger partial charge in [-0.2, -0.15) is 13.2 Å². The summed E-state index contributed by atoms with van der Waals surface area (Å²) in [7, 11) is 0. The van der Waals surface area contributed by atoms with E-state index in [0.717, 1.165) is 18.5 Å². The molecule has 0 saturated heterocycles. The van der Waals surface area contributed by atoms with Gasteiger partial charge < -0.3 is 4.74 Å². The second-order valence-corrected chi connectivity index (χ2v) is 5.07. The Hall–Kier alpha value is -3.49. The Bertz CT molecular complexity index is 966. The van der Waals surface area contributed by atoms with Gasteiger partial charge in [0, 0.05) is 24.0 Å². The van der Waals surface area contributed by atoms with E-state index in [2.05, 4.69) is 19.9 Å². The van der Waals surface area contributed by atoms with E-state index >= 15 is 0 Å². The molecular formula is C17H12F3N5O. The van der Waals surface area contributed by atoms with E-state index < -0.39 is 11.7 Å². The van der Waals surface area contributed by atoms with Crippen molar-refractivity contribution in [1.29, 1.82) is 5.41 Å². The summed E-state index contributed by atoms with van der Waals surface area (Å²) in [5.74, 6) is 0.767. The molecule has 0 saturated carbocycles. The molecule has 0 bridgehead atoms. The lowest BCUT2D eigenvalue weighted by Crippen LogP contribution is -2.14. The highest BCUT2D eigenvalue weighted by Gasteiger charge is 2.30. The zero-order chi connectivity index (χ0) is 18.6. The average molecular weight is 359 g/mol. The number of nitrogens with zero attached hydrogens (tertiary/aromatic N) is 3. The monoisotopic (exact) mass is 359 g/mol. The van der Waals surface area contributed by atoms with E-state index in [4.69, 9.17) is 10.1 Å². The van der Waals surface area contributed by atoms with Crippen molar-refractivity contribution in [2.75, 3.05) is 0 Å². The summed E-state index contributed by atoms with van der Waals surface area (Å²) in [5.41, 5.74) is 0.137. The van der Waals surface area contributed by atoms with Crippen LogP contribution in [0, 0.1) is 5.41 Å². The Balaban J connectivity index is 2.01. The summed E-state index contributed by atoms with van der Waals surface area (Å²) in [4.78, 5) is 14.6. The lowest BCUT2D eigenvalue weighted by atomic mass is 10.1. The van der Waals surface area contributed by atoms with Gasteiger partial charge in [-0.25, -0.2) is 9.98 Å². The molecule has 0 fully saturated rings. The Labute approximate surface area is 145 Å². The summed E-state index contributed by atoms with van der Waals surface area (Å²) in [6, 6.07) is 9.39. The number of benzene rings is 1. The van der Waals surface area contributed by atoms with Gasteiger partial charge in [0.2, 0.25) is 11.5 Å². The van der Waals surface area contributed by atoms with Crippen molar-refractivity contribution >= 4 is 6.34 Å². The maximum absolute atomic E-state index is 12.7. The van der Waals surface area contributed by atoms with Crippen LogP contribution >= 0.6 is 0 Å². The predicted molar refractivity (Wildman–Crippen MR) is 87.7 cm³/mol. The van der Waals surface area contributed by atoms with Crippen LogP contribution in [-0.2, 0) is 6.18 Å². The fourth-order valence-corrected chi connectivity index (χ4v) is 2.13. The second kappa shape index (κ2) is 7.18. The Morgan fingerprint density at radius 3 is 2.38 bits per heavy atom. The highest BCUT2D eigenvalue weighted by molar-refractivity contribution is 5.60. The molecule has 3 rings (SSSR count). The van der Waals surface area contributed by atoms with E-state index in [1.165, 1.54) is 18.2 Å². The third kappa shape index (κ3) is 4.12. The van der Waals surface area contributed by atoms with Gasteiger partial charge in [-0.15, -0.1) is 0 Å². The van der Waals surface area contributed by atoms with Gasteiger partial charge in [-0.3, -0.25) is 15.4 Å². The van der Waals surface area contributed by atoms with Gasteiger partial charge in [-0.1, -0.05) is 12.1 Å². The van der Waals surface area contributed by atoms with Gasteiger partial charge >= 0.3 is 6.18 Å². The minimum absolute atomic E-state index is 0.0847. The number of hydrogen-bond donors (Lipinski definition) is 2. The summed E-state index contributed by atoms with van der Waals surface area (Å²) < 4.78 is 43.8. The van der Waals surface area contributed by atoms with Gasteiger partial charge in [0.25, 0.3) is 0 Å². The van der Waals surface area contributed by atoms with Crippen LogP contribution in [-0.4, -0.2) is 21.3 Å². The SMILES string of the molecule is N=C/N=c1/nc(-c2ccc(C(F)(F)F)cc2)cc(Oc2ccncc2)[nH]1. The molecule has 2 aromatic heterocycles. The standard InChI is InChI=1S/C17H12F3N5O/c18-17(19,20)12-3-1-11(2-4-12)14-9-15(25-16(24-14)23-10-21)26-13-5-7-22-8-6-13/h1-10H,(H2,21,23,24,25). The Kier molecular flexibility index (Phi) is 4.78. The molecular weight excluding hydrogens is 347 g/mol. The number of H-pyrrole nitrogens is 1. The molecule has 6 nitrogen and oxygen atoms in total.